The number of alkyl halides is 3. The summed E-state index contributed by atoms with van der Waals surface area (Å²) in [6.45, 7) is 0.270. The van der Waals surface area contributed by atoms with E-state index in [0.717, 1.165) is 7.05 Å². The standard InChI is InChI=1S/C17H17F3N4O3/c1-22(2)21-11-7-8-27-15-10(11)5-4-6-12(15)24-14(25)9-13(17(18,19)20)23(3)16(24)26/h4-6,9H,7-8H2,1-3H3/b21-11+. The molecule has 0 aliphatic carbocycles. The van der Waals surface area contributed by atoms with Crippen LogP contribution in [0.5, 0.6) is 5.75 Å². The van der Waals surface area contributed by atoms with Gasteiger partial charge < -0.3 is 9.75 Å². The van der Waals surface area contributed by atoms with Gasteiger partial charge in [-0.15, -0.1) is 0 Å². The highest BCUT2D eigenvalue weighted by Crippen LogP contribution is 2.32. The van der Waals surface area contributed by atoms with Gasteiger partial charge in [0.15, 0.2) is 5.75 Å². The van der Waals surface area contributed by atoms with E-state index in [1.54, 1.807) is 31.2 Å². The normalized spacial score (nSPS) is 15.4. The molecule has 1 aromatic heterocycles. The molecule has 0 saturated heterocycles. The van der Waals surface area contributed by atoms with E-state index in [4.69, 9.17) is 4.74 Å². The molecule has 0 bridgehead atoms. The van der Waals surface area contributed by atoms with Gasteiger partial charge in [0.05, 0.1) is 18.0 Å². The first-order chi connectivity index (χ1) is 12.6. The quantitative estimate of drug-likeness (QED) is 0.740. The second-order valence-corrected chi connectivity index (χ2v) is 6.19. The Hall–Kier alpha value is -3.04. The molecule has 0 radical (unpaired) electrons. The Balaban J connectivity index is 2.28. The average Bonchev–Trinajstić information content (AvgIpc) is 2.57. The summed E-state index contributed by atoms with van der Waals surface area (Å²) >= 11 is 0. The first kappa shape index (κ1) is 18.7. The van der Waals surface area contributed by atoms with Crippen molar-refractivity contribution in [2.24, 2.45) is 12.1 Å². The molecule has 0 saturated carbocycles. The fraction of sp³-hybridized carbons (Fsp3) is 0.353. The number of hydrogen-bond acceptors (Lipinski definition) is 5. The maximum absolute atomic E-state index is 13.0. The molecular formula is C17H17F3N4O3. The lowest BCUT2D eigenvalue weighted by Gasteiger charge is -2.23. The van der Waals surface area contributed by atoms with Gasteiger partial charge in [0, 0.05) is 39.2 Å². The minimum atomic E-state index is -4.82. The van der Waals surface area contributed by atoms with E-state index in [1.165, 1.54) is 6.07 Å². The molecule has 27 heavy (non-hydrogen) atoms. The van der Waals surface area contributed by atoms with Gasteiger partial charge in [-0.25, -0.2) is 9.36 Å². The third-order valence-electron chi connectivity index (χ3n) is 4.06. The zero-order chi connectivity index (χ0) is 19.9. The summed E-state index contributed by atoms with van der Waals surface area (Å²) in [6, 6.07) is 5.17. The number of halogens is 3. The second-order valence-electron chi connectivity index (χ2n) is 6.19. The minimum absolute atomic E-state index is 0.0815. The highest BCUT2D eigenvalue weighted by Gasteiger charge is 2.35. The van der Waals surface area contributed by atoms with E-state index in [1.807, 2.05) is 0 Å². The van der Waals surface area contributed by atoms with Crippen LogP contribution in [-0.2, 0) is 13.2 Å². The Morgan fingerprint density at radius 3 is 2.56 bits per heavy atom. The molecule has 1 aliphatic rings. The van der Waals surface area contributed by atoms with Crippen LogP contribution in [0.2, 0.25) is 0 Å². The highest BCUT2D eigenvalue weighted by molar-refractivity contribution is 6.04. The Morgan fingerprint density at radius 1 is 1.22 bits per heavy atom. The van der Waals surface area contributed by atoms with Crippen molar-refractivity contribution in [3.63, 3.8) is 0 Å². The van der Waals surface area contributed by atoms with Crippen molar-refractivity contribution >= 4 is 5.71 Å². The molecule has 144 valence electrons. The van der Waals surface area contributed by atoms with Crippen molar-refractivity contribution in [3.05, 3.63) is 56.4 Å². The molecule has 7 nitrogen and oxygen atoms in total. The van der Waals surface area contributed by atoms with Crippen molar-refractivity contribution in [2.75, 3.05) is 20.7 Å². The molecule has 0 spiro atoms. The van der Waals surface area contributed by atoms with Crippen molar-refractivity contribution in [3.8, 4) is 11.4 Å². The van der Waals surface area contributed by atoms with E-state index in [-0.39, 0.29) is 18.0 Å². The Bertz CT molecular complexity index is 1040. The minimum Gasteiger partial charge on any atom is -0.490 e. The summed E-state index contributed by atoms with van der Waals surface area (Å²) in [7, 11) is 4.47. The SMILES string of the molecule is CN(C)/N=C1\CCOc2c1cccc2-n1c(=O)cc(C(F)(F)F)n(C)c1=O. The van der Waals surface area contributed by atoms with Gasteiger partial charge in [-0.3, -0.25) is 9.36 Å². The summed E-state index contributed by atoms with van der Waals surface area (Å²) in [5.74, 6) is 0.239. The summed E-state index contributed by atoms with van der Waals surface area (Å²) in [4.78, 5) is 24.9. The molecule has 0 fully saturated rings. The summed E-state index contributed by atoms with van der Waals surface area (Å²) < 4.78 is 45.8. The van der Waals surface area contributed by atoms with Crippen LogP contribution >= 0.6 is 0 Å². The van der Waals surface area contributed by atoms with Crippen molar-refractivity contribution < 1.29 is 17.9 Å². The molecule has 2 heterocycles. The number of nitrogens with zero attached hydrogens (tertiary/aromatic N) is 4. The topological polar surface area (TPSA) is 68.8 Å². The fourth-order valence-corrected chi connectivity index (χ4v) is 2.93. The Kier molecular flexibility index (Phi) is 4.58. The molecule has 0 amide bonds. The van der Waals surface area contributed by atoms with Crippen molar-refractivity contribution in [1.29, 1.82) is 0 Å². The van der Waals surface area contributed by atoms with Crippen LogP contribution in [0.1, 0.15) is 17.7 Å². The molecule has 3 rings (SSSR count). The van der Waals surface area contributed by atoms with Crippen molar-refractivity contribution in [2.45, 2.75) is 12.6 Å². The van der Waals surface area contributed by atoms with Crippen molar-refractivity contribution in [1.82, 2.24) is 14.1 Å². The lowest BCUT2D eigenvalue weighted by molar-refractivity contribution is -0.144. The predicted molar refractivity (Wildman–Crippen MR) is 92.6 cm³/mol. The summed E-state index contributed by atoms with van der Waals surface area (Å²) in [5, 5.41) is 5.98. The number of para-hydroxylation sites is 1. The smallest absolute Gasteiger partial charge is 0.431 e. The van der Waals surface area contributed by atoms with E-state index in [2.05, 4.69) is 5.10 Å². The van der Waals surface area contributed by atoms with Gasteiger partial charge in [0.25, 0.3) is 5.56 Å². The zero-order valence-corrected chi connectivity index (χ0v) is 14.9. The van der Waals surface area contributed by atoms with E-state index < -0.39 is 23.1 Å². The second kappa shape index (κ2) is 6.60. The van der Waals surface area contributed by atoms with Crippen LogP contribution < -0.4 is 16.0 Å². The maximum atomic E-state index is 13.0. The summed E-state index contributed by atoms with van der Waals surface area (Å²) in [5.41, 5.74) is -2.14. The predicted octanol–water partition coefficient (Wildman–Crippen LogP) is 1.60. The first-order valence-corrected chi connectivity index (χ1v) is 8.03. The van der Waals surface area contributed by atoms with Gasteiger partial charge in [0.1, 0.15) is 5.69 Å². The molecular weight excluding hydrogens is 365 g/mol. The maximum Gasteiger partial charge on any atom is 0.431 e. The summed E-state index contributed by atoms with van der Waals surface area (Å²) in [6.07, 6.45) is -4.29. The lowest BCUT2D eigenvalue weighted by Crippen LogP contribution is -2.41. The van der Waals surface area contributed by atoms with Gasteiger partial charge in [-0.2, -0.15) is 18.3 Å². The largest absolute Gasteiger partial charge is 0.490 e. The van der Waals surface area contributed by atoms with Gasteiger partial charge in [-0.05, 0) is 12.1 Å². The van der Waals surface area contributed by atoms with Crippen LogP contribution in [0.25, 0.3) is 5.69 Å². The van der Waals surface area contributed by atoms with E-state index in [9.17, 15) is 22.8 Å². The molecule has 0 atom stereocenters. The van der Waals surface area contributed by atoms with Crippen LogP contribution in [0, 0.1) is 0 Å². The Morgan fingerprint density at radius 2 is 1.93 bits per heavy atom. The van der Waals surface area contributed by atoms with Crippen LogP contribution in [0.3, 0.4) is 0 Å². The van der Waals surface area contributed by atoms with Crippen LogP contribution in [-0.4, -0.2) is 40.6 Å². The fourth-order valence-electron chi connectivity index (χ4n) is 2.93. The van der Waals surface area contributed by atoms with Gasteiger partial charge >= 0.3 is 11.9 Å². The van der Waals surface area contributed by atoms with E-state index in [0.29, 0.717) is 32.9 Å². The number of hydrazone groups is 1. The van der Waals surface area contributed by atoms with Gasteiger partial charge in [0.2, 0.25) is 0 Å². The number of benzene rings is 1. The number of ether oxygens (including phenoxy) is 1. The molecule has 1 aliphatic heterocycles. The van der Waals surface area contributed by atoms with Crippen LogP contribution in [0.15, 0.2) is 39.0 Å². The molecule has 1 aromatic carbocycles. The molecule has 2 aromatic rings. The molecule has 0 N–H and O–H groups in total. The van der Waals surface area contributed by atoms with Gasteiger partial charge in [-0.1, -0.05) is 6.07 Å². The van der Waals surface area contributed by atoms with Crippen LogP contribution in [0.4, 0.5) is 13.2 Å². The Labute approximate surface area is 151 Å². The molecule has 0 unspecified atom stereocenters. The number of hydrogen-bond donors (Lipinski definition) is 0. The highest BCUT2D eigenvalue weighted by atomic mass is 19.4. The average molecular weight is 382 g/mol. The third kappa shape index (κ3) is 3.34. The molecule has 10 heteroatoms. The van der Waals surface area contributed by atoms with E-state index >= 15 is 0 Å². The number of fused-ring (bicyclic) bond motifs is 1. The lowest BCUT2D eigenvalue weighted by atomic mass is 10.0. The number of aromatic nitrogens is 2. The number of rotatable bonds is 2. The third-order valence-corrected chi connectivity index (χ3v) is 4.06. The first-order valence-electron chi connectivity index (χ1n) is 8.03. The zero-order valence-electron chi connectivity index (χ0n) is 14.9. The monoisotopic (exact) mass is 382 g/mol.